The Hall–Kier alpha value is -2.11. The third kappa shape index (κ3) is 13.2. The van der Waals surface area contributed by atoms with Gasteiger partial charge in [-0.15, -0.1) is 0 Å². The van der Waals surface area contributed by atoms with Crippen molar-refractivity contribution in [3.63, 3.8) is 0 Å². The fraction of sp³-hybridized carbons (Fsp3) is 0.435. The first-order chi connectivity index (χ1) is 17.2. The second kappa shape index (κ2) is 14.9. The quantitative estimate of drug-likeness (QED) is 0.357. The number of carbonyl (C=O) groups is 1. The van der Waals surface area contributed by atoms with Gasteiger partial charge in [0.15, 0.2) is 0 Å². The van der Waals surface area contributed by atoms with Crippen LogP contribution in [0.2, 0.25) is 0 Å². The number of amides is 1. The van der Waals surface area contributed by atoms with E-state index in [4.69, 9.17) is 15.0 Å². The maximum absolute atomic E-state index is 12.0. The van der Waals surface area contributed by atoms with Crippen LogP contribution in [0.4, 0.5) is 5.69 Å². The van der Waals surface area contributed by atoms with Crippen molar-refractivity contribution in [3.05, 3.63) is 54.0 Å². The third-order valence-electron chi connectivity index (χ3n) is 3.85. The molecule has 8 nitrogen and oxygen atoms in total. The lowest BCUT2D eigenvalue weighted by Crippen LogP contribution is -2.23. The van der Waals surface area contributed by atoms with Gasteiger partial charge in [-0.05, 0) is 61.0 Å². The molecule has 2 N–H and O–H groups in total. The molecule has 2 aromatic rings. The van der Waals surface area contributed by atoms with Crippen LogP contribution in [0.25, 0.3) is 0 Å². The second-order valence-corrected chi connectivity index (χ2v) is 10.8. The lowest BCUT2D eigenvalue weighted by molar-refractivity contribution is -0.115. The van der Waals surface area contributed by atoms with Gasteiger partial charge in [0.1, 0.15) is 34.3 Å². The minimum absolute atomic E-state index is 0.0449. The van der Waals surface area contributed by atoms with Gasteiger partial charge in [-0.1, -0.05) is 17.7 Å². The fourth-order valence-corrected chi connectivity index (χ4v) is 3.18. The van der Waals surface area contributed by atoms with Crippen molar-refractivity contribution in [1.29, 1.82) is 0 Å². The lowest BCUT2D eigenvalue weighted by Gasteiger charge is -2.12. The molecule has 0 fully saturated rings. The number of nitrogens with one attached hydrogen (secondary N) is 1. The zero-order valence-electron chi connectivity index (χ0n) is 23.1. The molecule has 0 aliphatic rings. The van der Waals surface area contributed by atoms with E-state index in [1.165, 1.54) is 12.1 Å². The smallest absolute Gasteiger partial charge is 0.229 e. The van der Waals surface area contributed by atoms with E-state index < -0.39 is 28.3 Å². The highest BCUT2D eigenvalue weighted by Gasteiger charge is 2.09. The van der Waals surface area contributed by atoms with E-state index in [0.717, 1.165) is 5.56 Å². The summed E-state index contributed by atoms with van der Waals surface area (Å²) in [6.07, 6.45) is 3.31. The lowest BCUT2D eigenvalue weighted by atomic mass is 10.2. The summed E-state index contributed by atoms with van der Waals surface area (Å²) in [5, 5.41) is 12.2. The van der Waals surface area contributed by atoms with Crippen molar-refractivity contribution in [1.82, 2.24) is 0 Å². The van der Waals surface area contributed by atoms with Crippen LogP contribution in [0.1, 0.15) is 24.4 Å². The van der Waals surface area contributed by atoms with E-state index in [2.05, 4.69) is 5.32 Å². The Balaban J connectivity index is 0.000000516. The molecular weight excluding hydrogens is 466 g/mol. The molecule has 0 saturated heterocycles. The fourth-order valence-electron chi connectivity index (χ4n) is 2.12. The van der Waals surface area contributed by atoms with Crippen molar-refractivity contribution >= 4 is 32.6 Å². The predicted molar refractivity (Wildman–Crippen MR) is 131 cm³/mol. The van der Waals surface area contributed by atoms with Crippen LogP contribution in [-0.4, -0.2) is 68.2 Å². The molecule has 1 atom stereocenters. The molecule has 0 heterocycles. The first-order valence-corrected chi connectivity index (χ1v) is 13.7. The van der Waals surface area contributed by atoms with Crippen LogP contribution in [0.3, 0.4) is 0 Å². The summed E-state index contributed by atoms with van der Waals surface area (Å²) >= 11 is 0. The summed E-state index contributed by atoms with van der Waals surface area (Å²) in [6, 6.07) is 4.19. The van der Waals surface area contributed by atoms with E-state index in [1.807, 2.05) is 19.4 Å². The number of benzene rings is 2. The van der Waals surface area contributed by atoms with Gasteiger partial charge in [0.25, 0.3) is 0 Å². The van der Waals surface area contributed by atoms with Gasteiger partial charge >= 0.3 is 0 Å². The molecule has 2 aromatic carbocycles. The Morgan fingerprint density at radius 3 is 2.30 bits per heavy atom. The average molecular weight is 504 g/mol. The standard InChI is InChI=1S/C16H25NO4S.C7H8O3S/c1-4-20-11-14(18)12-21-15-7-5-13(6-8-15)17-16(19)9-10-22(2)3;1-6-2-4-7(5-3-6)11(8,9)10/h5-8,14,18H,4,9-12H2,1-3H3;2-5H,1H3,(H,8,9,10)/i5D,6D,7D,8D;. The highest BCUT2D eigenvalue weighted by atomic mass is 32.2. The number of hydrogen-bond acceptors (Lipinski definition) is 7. The van der Waals surface area contributed by atoms with Crippen molar-refractivity contribution in [3.8, 4) is 5.75 Å². The van der Waals surface area contributed by atoms with E-state index in [0.29, 0.717) is 12.4 Å². The van der Waals surface area contributed by atoms with Crippen LogP contribution in [-0.2, 0) is 30.5 Å². The molecule has 1 amide bonds. The number of aryl methyl sites for hydroxylation is 1. The zero-order valence-corrected chi connectivity index (χ0v) is 20.8. The van der Waals surface area contributed by atoms with Crippen molar-refractivity contribution < 1.29 is 37.8 Å². The van der Waals surface area contributed by atoms with Gasteiger partial charge in [0, 0.05) is 12.3 Å². The molecular formula is C23H33NO7S2. The Morgan fingerprint density at radius 2 is 1.79 bits per heavy atom. The van der Waals surface area contributed by atoms with Gasteiger partial charge in [-0.25, -0.2) is 8.42 Å². The largest absolute Gasteiger partial charge is 0.744 e. The topological polar surface area (TPSA) is 125 Å². The van der Waals surface area contributed by atoms with Gasteiger partial charge in [-0.2, -0.15) is 0 Å². The van der Waals surface area contributed by atoms with Crippen LogP contribution < -0.4 is 10.1 Å². The Labute approximate surface area is 205 Å². The molecule has 2 rings (SSSR count). The minimum Gasteiger partial charge on any atom is -0.744 e. The Kier molecular flexibility index (Phi) is 10.3. The Morgan fingerprint density at radius 1 is 1.18 bits per heavy atom. The first kappa shape index (κ1) is 22.7. The molecule has 1 unspecified atom stereocenters. The molecule has 0 aromatic heterocycles. The zero-order chi connectivity index (χ0) is 28.3. The number of aliphatic hydroxyl groups excluding tert-OH is 1. The molecule has 10 heteroatoms. The van der Waals surface area contributed by atoms with Crippen molar-refractivity contribution in [2.24, 2.45) is 0 Å². The van der Waals surface area contributed by atoms with Crippen LogP contribution in [0, 0.1) is 6.92 Å². The molecule has 0 aliphatic heterocycles. The van der Waals surface area contributed by atoms with E-state index >= 15 is 0 Å². The number of carbonyl (C=O) groups excluding carboxylic acids is 1. The molecule has 0 bridgehead atoms. The summed E-state index contributed by atoms with van der Waals surface area (Å²) in [6.45, 7) is 3.86. The summed E-state index contributed by atoms with van der Waals surface area (Å²) in [5.74, 6) is 0.0670. The van der Waals surface area contributed by atoms with Crippen LogP contribution >= 0.6 is 0 Å². The number of ether oxygens (including phenoxy) is 2. The summed E-state index contributed by atoms with van der Waals surface area (Å²) in [5.41, 5.74) is 0.761. The normalized spacial score (nSPS) is 13.7. The Bertz CT molecular complexity index is 1120. The van der Waals surface area contributed by atoms with E-state index in [1.54, 1.807) is 19.1 Å². The maximum Gasteiger partial charge on any atom is 0.229 e. The summed E-state index contributed by atoms with van der Waals surface area (Å²) in [4.78, 5) is 11.8. The van der Waals surface area contributed by atoms with Crippen LogP contribution in [0.5, 0.6) is 5.75 Å². The van der Waals surface area contributed by atoms with Gasteiger partial charge in [-0.3, -0.25) is 4.79 Å². The monoisotopic (exact) mass is 503 g/mol. The number of aliphatic hydroxyl groups is 1. The number of rotatable bonds is 11. The predicted octanol–water partition coefficient (Wildman–Crippen LogP) is 2.57. The summed E-state index contributed by atoms with van der Waals surface area (Å²) < 4.78 is 73.5. The molecule has 33 heavy (non-hydrogen) atoms. The van der Waals surface area contributed by atoms with Gasteiger partial charge in [0.05, 0.1) is 35.9 Å². The maximum atomic E-state index is 12.0. The minimum atomic E-state index is -4.27. The highest BCUT2D eigenvalue weighted by molar-refractivity contribution is 7.95. The SMILES string of the molecule is Cc1ccc(S(=O)(=O)[O-])cc1.[2H]c1c([2H])c(OCC(O)COCC)c([2H])c([2H])c1NC(=O)CC[S+](C)C. The molecule has 0 aliphatic carbocycles. The van der Waals surface area contributed by atoms with Crippen molar-refractivity contribution in [2.45, 2.75) is 31.3 Å². The van der Waals surface area contributed by atoms with Crippen molar-refractivity contribution in [2.75, 3.05) is 43.4 Å². The van der Waals surface area contributed by atoms with Gasteiger partial charge in [0.2, 0.25) is 5.91 Å². The summed E-state index contributed by atoms with van der Waals surface area (Å²) in [7, 11) is -4.18. The first-order valence-electron chi connectivity index (χ1n) is 12.0. The van der Waals surface area contributed by atoms with E-state index in [9.17, 15) is 22.9 Å². The second-order valence-electron chi connectivity index (χ2n) is 7.08. The average Bonchev–Trinajstić information content (AvgIpc) is 2.83. The molecule has 0 radical (unpaired) electrons. The molecule has 0 saturated carbocycles. The van der Waals surface area contributed by atoms with Crippen LogP contribution in [0.15, 0.2) is 53.3 Å². The molecule has 0 spiro atoms. The van der Waals surface area contributed by atoms with Gasteiger partial charge < -0.3 is 24.4 Å². The number of hydrogen-bond donors (Lipinski definition) is 2. The third-order valence-corrected chi connectivity index (χ3v) is 5.72. The highest BCUT2D eigenvalue weighted by Crippen LogP contribution is 2.16. The molecule has 184 valence electrons. The van der Waals surface area contributed by atoms with E-state index in [-0.39, 0.29) is 64.9 Å². The number of anilines is 1.